The van der Waals surface area contributed by atoms with E-state index in [1.54, 1.807) is 19.2 Å². The van der Waals surface area contributed by atoms with Gasteiger partial charge in [-0.1, -0.05) is 27.5 Å². The van der Waals surface area contributed by atoms with E-state index in [0.717, 1.165) is 28.8 Å². The number of benzene rings is 2. The van der Waals surface area contributed by atoms with E-state index in [4.69, 9.17) is 16.3 Å². The van der Waals surface area contributed by atoms with Crippen molar-refractivity contribution in [1.29, 1.82) is 0 Å². The number of nitrogens with one attached hydrogen (secondary N) is 1. The van der Waals surface area contributed by atoms with Crippen LogP contribution in [0.25, 0.3) is 0 Å². The van der Waals surface area contributed by atoms with Crippen molar-refractivity contribution in [3.63, 3.8) is 0 Å². The molecule has 1 amide bonds. The fraction of sp³-hybridized carbons (Fsp3) is 0.350. The lowest BCUT2D eigenvalue weighted by molar-refractivity contribution is 0.102. The molecule has 0 unspecified atom stereocenters. The zero-order chi connectivity index (χ0) is 18.7. The quantitative estimate of drug-likeness (QED) is 0.671. The van der Waals surface area contributed by atoms with Crippen LogP contribution in [0.1, 0.15) is 35.2 Å². The normalized spacial score (nSPS) is 14.2. The number of amides is 1. The lowest BCUT2D eigenvalue weighted by Gasteiger charge is -2.29. The number of piperidine rings is 1. The Hall–Kier alpha value is -1.72. The minimum Gasteiger partial charge on any atom is -0.496 e. The summed E-state index contributed by atoms with van der Waals surface area (Å²) in [5.74, 6) is 0.342. The van der Waals surface area contributed by atoms with Crippen molar-refractivity contribution in [3.8, 4) is 5.75 Å². The third kappa shape index (κ3) is 4.15. The highest BCUT2D eigenvalue weighted by Crippen LogP contribution is 2.32. The van der Waals surface area contributed by atoms with E-state index in [2.05, 4.69) is 26.1 Å². The van der Waals surface area contributed by atoms with Crippen molar-refractivity contribution in [2.75, 3.05) is 30.4 Å². The fourth-order valence-electron chi connectivity index (χ4n) is 3.34. The topological polar surface area (TPSA) is 41.6 Å². The van der Waals surface area contributed by atoms with Gasteiger partial charge in [0.05, 0.1) is 23.4 Å². The highest BCUT2D eigenvalue weighted by atomic mass is 79.9. The van der Waals surface area contributed by atoms with Gasteiger partial charge in [0, 0.05) is 23.2 Å². The molecule has 1 saturated heterocycles. The molecule has 0 atom stereocenters. The van der Waals surface area contributed by atoms with Gasteiger partial charge in [-0.3, -0.25) is 4.79 Å². The number of ether oxygens (including phenoxy) is 1. The third-order valence-corrected chi connectivity index (χ3v) is 5.35. The summed E-state index contributed by atoms with van der Waals surface area (Å²) < 4.78 is 6.23. The molecule has 1 N–H and O–H groups in total. The first kappa shape index (κ1) is 19.1. The van der Waals surface area contributed by atoms with Crippen LogP contribution in [0.3, 0.4) is 0 Å². The maximum atomic E-state index is 12.7. The summed E-state index contributed by atoms with van der Waals surface area (Å²) in [6.07, 6.45) is 3.66. The van der Waals surface area contributed by atoms with Gasteiger partial charge < -0.3 is 15.0 Å². The van der Waals surface area contributed by atoms with Crippen molar-refractivity contribution in [3.05, 3.63) is 51.0 Å². The summed E-state index contributed by atoms with van der Waals surface area (Å²) in [5.41, 5.74) is 3.07. The van der Waals surface area contributed by atoms with Gasteiger partial charge in [-0.15, -0.1) is 0 Å². The van der Waals surface area contributed by atoms with Crippen LogP contribution in [0.15, 0.2) is 34.8 Å². The van der Waals surface area contributed by atoms with Gasteiger partial charge >= 0.3 is 0 Å². The SMILES string of the molecule is COc1c(C)cc(Br)cc1C(=O)Nc1ccc(N2CCCCC2)c(Cl)c1. The Morgan fingerprint density at radius 3 is 2.58 bits per heavy atom. The van der Waals surface area contributed by atoms with Crippen LogP contribution in [0.5, 0.6) is 5.75 Å². The number of halogens is 2. The second-order valence-electron chi connectivity index (χ2n) is 6.47. The zero-order valence-corrected chi connectivity index (χ0v) is 17.3. The molecule has 1 heterocycles. The molecule has 3 rings (SSSR count). The second-order valence-corrected chi connectivity index (χ2v) is 7.79. The molecular formula is C20H22BrClN2O2. The fourth-order valence-corrected chi connectivity index (χ4v) is 4.22. The standard InChI is InChI=1S/C20H22BrClN2O2/c1-13-10-14(21)11-16(19(13)26-2)20(25)23-15-6-7-18(17(22)12-15)24-8-4-3-5-9-24/h6-7,10-12H,3-5,8-9H2,1-2H3,(H,23,25). The number of rotatable bonds is 4. The maximum Gasteiger partial charge on any atom is 0.259 e. The van der Waals surface area contributed by atoms with Gasteiger partial charge in [-0.2, -0.15) is 0 Å². The van der Waals surface area contributed by atoms with Gasteiger partial charge in [-0.25, -0.2) is 0 Å². The van der Waals surface area contributed by atoms with E-state index in [1.807, 2.05) is 25.1 Å². The van der Waals surface area contributed by atoms with E-state index < -0.39 is 0 Å². The minimum absolute atomic E-state index is 0.229. The number of nitrogens with zero attached hydrogens (tertiary/aromatic N) is 1. The maximum absolute atomic E-state index is 12.7. The molecule has 6 heteroatoms. The van der Waals surface area contributed by atoms with Gasteiger partial charge in [0.1, 0.15) is 5.75 Å². The predicted octanol–water partition coefficient (Wildman–Crippen LogP) is 5.66. The van der Waals surface area contributed by atoms with E-state index >= 15 is 0 Å². The summed E-state index contributed by atoms with van der Waals surface area (Å²) in [6.45, 7) is 3.96. The van der Waals surface area contributed by atoms with Crippen LogP contribution in [0.2, 0.25) is 5.02 Å². The van der Waals surface area contributed by atoms with Crippen LogP contribution >= 0.6 is 27.5 Å². The van der Waals surface area contributed by atoms with Gasteiger partial charge in [0.2, 0.25) is 0 Å². The Bertz CT molecular complexity index is 820. The molecule has 1 aliphatic rings. The Kier molecular flexibility index (Phi) is 6.09. The lowest BCUT2D eigenvalue weighted by atomic mass is 10.1. The average molecular weight is 438 g/mol. The Morgan fingerprint density at radius 1 is 1.19 bits per heavy atom. The molecule has 0 saturated carbocycles. The molecule has 138 valence electrons. The average Bonchev–Trinajstić information content (AvgIpc) is 2.62. The lowest BCUT2D eigenvalue weighted by Crippen LogP contribution is -2.29. The number of anilines is 2. The van der Waals surface area contributed by atoms with Gasteiger partial charge in [0.25, 0.3) is 5.91 Å². The molecule has 0 bridgehead atoms. The largest absolute Gasteiger partial charge is 0.496 e. The Labute approximate surface area is 167 Å². The van der Waals surface area contributed by atoms with E-state index in [0.29, 0.717) is 22.0 Å². The van der Waals surface area contributed by atoms with E-state index in [1.165, 1.54) is 19.3 Å². The highest BCUT2D eigenvalue weighted by Gasteiger charge is 2.18. The summed E-state index contributed by atoms with van der Waals surface area (Å²) in [5, 5.41) is 3.57. The molecule has 26 heavy (non-hydrogen) atoms. The zero-order valence-electron chi connectivity index (χ0n) is 14.9. The van der Waals surface area contributed by atoms with Crippen LogP contribution < -0.4 is 15.0 Å². The van der Waals surface area contributed by atoms with E-state index in [9.17, 15) is 4.79 Å². The van der Waals surface area contributed by atoms with Crippen molar-refractivity contribution in [2.24, 2.45) is 0 Å². The number of aryl methyl sites for hydroxylation is 1. The molecule has 1 aliphatic heterocycles. The Balaban J connectivity index is 1.81. The van der Waals surface area contributed by atoms with Crippen LogP contribution in [0.4, 0.5) is 11.4 Å². The molecular weight excluding hydrogens is 416 g/mol. The van der Waals surface area contributed by atoms with Crippen LogP contribution in [-0.2, 0) is 0 Å². The van der Waals surface area contributed by atoms with Gasteiger partial charge in [0.15, 0.2) is 0 Å². The third-order valence-electron chi connectivity index (χ3n) is 4.59. The number of methoxy groups -OCH3 is 1. The van der Waals surface area contributed by atoms with Crippen molar-refractivity contribution >= 4 is 44.8 Å². The predicted molar refractivity (Wildman–Crippen MR) is 111 cm³/mol. The van der Waals surface area contributed by atoms with Crippen LogP contribution in [-0.4, -0.2) is 26.1 Å². The first-order valence-corrected chi connectivity index (χ1v) is 9.86. The molecule has 0 aliphatic carbocycles. The van der Waals surface area contributed by atoms with Crippen molar-refractivity contribution < 1.29 is 9.53 Å². The highest BCUT2D eigenvalue weighted by molar-refractivity contribution is 9.10. The number of hydrogen-bond acceptors (Lipinski definition) is 3. The molecule has 0 aromatic heterocycles. The van der Waals surface area contributed by atoms with E-state index in [-0.39, 0.29) is 5.91 Å². The first-order valence-electron chi connectivity index (χ1n) is 8.69. The number of hydrogen-bond donors (Lipinski definition) is 1. The molecule has 2 aromatic rings. The van der Waals surface area contributed by atoms with Crippen LogP contribution in [0, 0.1) is 6.92 Å². The molecule has 2 aromatic carbocycles. The smallest absolute Gasteiger partial charge is 0.259 e. The van der Waals surface area contributed by atoms with Crippen molar-refractivity contribution in [1.82, 2.24) is 0 Å². The second kappa shape index (κ2) is 8.31. The first-order chi connectivity index (χ1) is 12.5. The number of carbonyl (C=O) groups excluding carboxylic acids is 1. The monoisotopic (exact) mass is 436 g/mol. The van der Waals surface area contributed by atoms with Crippen molar-refractivity contribution in [2.45, 2.75) is 26.2 Å². The summed E-state index contributed by atoms with van der Waals surface area (Å²) in [4.78, 5) is 15.0. The minimum atomic E-state index is -0.229. The number of carbonyl (C=O) groups is 1. The summed E-state index contributed by atoms with van der Waals surface area (Å²) in [7, 11) is 1.57. The molecule has 0 radical (unpaired) electrons. The molecule has 1 fully saturated rings. The molecule has 0 spiro atoms. The molecule has 4 nitrogen and oxygen atoms in total. The van der Waals surface area contributed by atoms with Gasteiger partial charge in [-0.05, 0) is 62.1 Å². The Morgan fingerprint density at radius 2 is 1.92 bits per heavy atom. The summed E-state index contributed by atoms with van der Waals surface area (Å²) >= 11 is 9.91. The summed E-state index contributed by atoms with van der Waals surface area (Å²) in [6, 6.07) is 9.35.